The summed E-state index contributed by atoms with van der Waals surface area (Å²) in [6.45, 7) is 1.65. The van der Waals surface area contributed by atoms with E-state index in [4.69, 9.17) is 17.3 Å². The Labute approximate surface area is 107 Å². The highest BCUT2D eigenvalue weighted by Crippen LogP contribution is 2.35. The predicted octanol–water partition coefficient (Wildman–Crippen LogP) is 2.82. The first kappa shape index (κ1) is 12.8. The molecule has 1 heterocycles. The number of hydrogen-bond donors (Lipinski definition) is 1. The van der Waals surface area contributed by atoms with Crippen molar-refractivity contribution in [2.75, 3.05) is 20.1 Å². The summed E-state index contributed by atoms with van der Waals surface area (Å²) in [4.78, 5) is 2.24. The number of nitrogens with two attached hydrogens (primary N) is 1. The van der Waals surface area contributed by atoms with Crippen molar-refractivity contribution in [3.8, 4) is 0 Å². The third kappa shape index (κ3) is 2.79. The van der Waals surface area contributed by atoms with Crippen LogP contribution in [0.1, 0.15) is 24.4 Å². The molecular weight excluding hydrogens is 239 g/mol. The predicted molar refractivity (Wildman–Crippen MR) is 68.6 cm³/mol. The third-order valence-electron chi connectivity index (χ3n) is 3.54. The maximum atomic E-state index is 13.4. The molecule has 2 rings (SSSR count). The largest absolute Gasteiger partial charge is 0.330 e. The molecule has 2 nitrogen and oxygen atoms in total. The average Bonchev–Trinajstić information content (AvgIpc) is 2.27. The molecule has 1 aliphatic rings. The molecular formula is C13H18ClFN2. The zero-order chi connectivity index (χ0) is 12.4. The molecule has 94 valence electrons. The van der Waals surface area contributed by atoms with Gasteiger partial charge in [-0.05, 0) is 62.7 Å². The molecule has 0 amide bonds. The minimum Gasteiger partial charge on any atom is -0.330 e. The third-order valence-corrected chi connectivity index (χ3v) is 3.75. The van der Waals surface area contributed by atoms with E-state index in [1.54, 1.807) is 6.07 Å². The summed E-state index contributed by atoms with van der Waals surface area (Å²) in [6.07, 6.45) is 2.25. The van der Waals surface area contributed by atoms with Gasteiger partial charge in [0.25, 0.3) is 0 Å². The number of piperidine rings is 1. The first-order valence-corrected chi connectivity index (χ1v) is 6.36. The molecule has 1 aliphatic heterocycles. The molecule has 17 heavy (non-hydrogen) atoms. The summed E-state index contributed by atoms with van der Waals surface area (Å²) in [5.74, 6) is 0.105. The lowest BCUT2D eigenvalue weighted by Gasteiger charge is -2.39. The number of likely N-dealkylation sites (tertiary alicyclic amines) is 1. The van der Waals surface area contributed by atoms with E-state index in [0.29, 0.717) is 17.5 Å². The van der Waals surface area contributed by atoms with Crippen molar-refractivity contribution in [2.24, 2.45) is 11.7 Å². The second-order valence-electron chi connectivity index (χ2n) is 4.77. The SMILES string of the molecule is CN1CCCC(CN)C1c1cc(F)cc(Cl)c1. The molecule has 0 saturated carbocycles. The van der Waals surface area contributed by atoms with Crippen molar-refractivity contribution in [2.45, 2.75) is 18.9 Å². The molecule has 2 N–H and O–H groups in total. The van der Waals surface area contributed by atoms with E-state index in [1.807, 2.05) is 6.07 Å². The Kier molecular flexibility index (Phi) is 4.02. The molecule has 1 aromatic rings. The van der Waals surface area contributed by atoms with Gasteiger partial charge in [-0.25, -0.2) is 4.39 Å². The number of benzene rings is 1. The summed E-state index contributed by atoms with van der Waals surface area (Å²) in [6, 6.07) is 4.94. The quantitative estimate of drug-likeness (QED) is 0.882. The lowest BCUT2D eigenvalue weighted by atomic mass is 9.85. The number of hydrogen-bond acceptors (Lipinski definition) is 2. The van der Waals surface area contributed by atoms with Gasteiger partial charge in [-0.1, -0.05) is 11.6 Å². The molecule has 0 spiro atoms. The van der Waals surface area contributed by atoms with Gasteiger partial charge in [0, 0.05) is 11.1 Å². The zero-order valence-electron chi connectivity index (χ0n) is 10.00. The van der Waals surface area contributed by atoms with E-state index < -0.39 is 0 Å². The van der Waals surface area contributed by atoms with Crippen LogP contribution in [-0.4, -0.2) is 25.0 Å². The van der Waals surface area contributed by atoms with E-state index in [-0.39, 0.29) is 11.9 Å². The van der Waals surface area contributed by atoms with Crippen LogP contribution in [-0.2, 0) is 0 Å². The van der Waals surface area contributed by atoms with E-state index in [9.17, 15) is 4.39 Å². The molecule has 0 aromatic heterocycles. The van der Waals surface area contributed by atoms with Crippen molar-refractivity contribution in [3.63, 3.8) is 0 Å². The molecule has 1 fully saturated rings. The highest BCUT2D eigenvalue weighted by atomic mass is 35.5. The van der Waals surface area contributed by atoms with E-state index >= 15 is 0 Å². The Balaban J connectivity index is 2.34. The van der Waals surface area contributed by atoms with Gasteiger partial charge in [-0.2, -0.15) is 0 Å². The van der Waals surface area contributed by atoms with Gasteiger partial charge in [0.05, 0.1) is 0 Å². The second kappa shape index (κ2) is 5.34. The summed E-state index contributed by atoms with van der Waals surface area (Å²) >= 11 is 5.92. The van der Waals surface area contributed by atoms with Crippen molar-refractivity contribution < 1.29 is 4.39 Å². The molecule has 0 aliphatic carbocycles. The van der Waals surface area contributed by atoms with Gasteiger partial charge >= 0.3 is 0 Å². The number of halogens is 2. The van der Waals surface area contributed by atoms with Crippen LogP contribution in [0, 0.1) is 11.7 Å². The second-order valence-corrected chi connectivity index (χ2v) is 5.20. The fourth-order valence-electron chi connectivity index (χ4n) is 2.78. The van der Waals surface area contributed by atoms with Crippen LogP contribution in [0.15, 0.2) is 18.2 Å². The monoisotopic (exact) mass is 256 g/mol. The maximum Gasteiger partial charge on any atom is 0.125 e. The van der Waals surface area contributed by atoms with Crippen LogP contribution < -0.4 is 5.73 Å². The number of nitrogens with zero attached hydrogens (tertiary/aromatic N) is 1. The van der Waals surface area contributed by atoms with E-state index in [0.717, 1.165) is 24.9 Å². The standard InChI is InChI=1S/C13H18ClFN2/c1-17-4-2-3-9(8-16)13(17)10-5-11(14)7-12(15)6-10/h5-7,9,13H,2-4,8,16H2,1H3. The molecule has 0 bridgehead atoms. The average molecular weight is 257 g/mol. The molecule has 1 saturated heterocycles. The molecule has 2 unspecified atom stereocenters. The van der Waals surface area contributed by atoms with Gasteiger partial charge in [0.2, 0.25) is 0 Å². The van der Waals surface area contributed by atoms with E-state index in [1.165, 1.54) is 6.07 Å². The smallest absolute Gasteiger partial charge is 0.125 e. The topological polar surface area (TPSA) is 29.3 Å². The molecule has 2 atom stereocenters. The van der Waals surface area contributed by atoms with Crippen LogP contribution in [0.3, 0.4) is 0 Å². The van der Waals surface area contributed by atoms with Crippen molar-refractivity contribution in [1.82, 2.24) is 4.90 Å². The lowest BCUT2D eigenvalue weighted by Crippen LogP contribution is -2.39. The Bertz CT molecular complexity index is 377. The van der Waals surface area contributed by atoms with Crippen LogP contribution in [0.25, 0.3) is 0 Å². The highest BCUT2D eigenvalue weighted by molar-refractivity contribution is 6.30. The summed E-state index contributed by atoms with van der Waals surface area (Å²) < 4.78 is 13.4. The fraction of sp³-hybridized carbons (Fsp3) is 0.538. The van der Waals surface area contributed by atoms with Crippen molar-refractivity contribution in [3.05, 3.63) is 34.6 Å². The first-order valence-electron chi connectivity index (χ1n) is 5.98. The number of rotatable bonds is 2. The van der Waals surface area contributed by atoms with Crippen molar-refractivity contribution in [1.29, 1.82) is 0 Å². The lowest BCUT2D eigenvalue weighted by molar-refractivity contribution is 0.125. The fourth-order valence-corrected chi connectivity index (χ4v) is 3.01. The molecule has 1 aromatic carbocycles. The summed E-state index contributed by atoms with van der Waals surface area (Å²) in [7, 11) is 2.06. The van der Waals surface area contributed by atoms with Crippen LogP contribution in [0.5, 0.6) is 0 Å². The van der Waals surface area contributed by atoms with Crippen LogP contribution in [0.2, 0.25) is 5.02 Å². The minimum absolute atomic E-state index is 0.182. The Morgan fingerprint density at radius 3 is 2.88 bits per heavy atom. The van der Waals surface area contributed by atoms with Crippen LogP contribution in [0.4, 0.5) is 4.39 Å². The molecule has 0 radical (unpaired) electrons. The van der Waals surface area contributed by atoms with Gasteiger partial charge < -0.3 is 5.73 Å². The Morgan fingerprint density at radius 1 is 1.47 bits per heavy atom. The van der Waals surface area contributed by atoms with Gasteiger partial charge in [-0.3, -0.25) is 4.90 Å². The van der Waals surface area contributed by atoms with Gasteiger partial charge in [-0.15, -0.1) is 0 Å². The van der Waals surface area contributed by atoms with E-state index in [2.05, 4.69) is 11.9 Å². The summed E-state index contributed by atoms with van der Waals surface area (Å²) in [5.41, 5.74) is 6.75. The zero-order valence-corrected chi connectivity index (χ0v) is 10.8. The Hall–Kier alpha value is -0.640. The van der Waals surface area contributed by atoms with Gasteiger partial charge in [0.1, 0.15) is 5.82 Å². The maximum absolute atomic E-state index is 13.4. The first-order chi connectivity index (χ1) is 8.11. The molecule has 4 heteroatoms. The Morgan fingerprint density at radius 2 is 2.24 bits per heavy atom. The van der Waals surface area contributed by atoms with Gasteiger partial charge in [0.15, 0.2) is 0 Å². The summed E-state index contributed by atoms with van der Waals surface area (Å²) in [5, 5.41) is 0.453. The minimum atomic E-state index is -0.276. The highest BCUT2D eigenvalue weighted by Gasteiger charge is 2.29. The van der Waals surface area contributed by atoms with Crippen LogP contribution >= 0.6 is 11.6 Å². The normalized spacial score (nSPS) is 26.1. The van der Waals surface area contributed by atoms with Crippen molar-refractivity contribution >= 4 is 11.6 Å².